The third-order valence-electron chi connectivity index (χ3n) is 7.45. The Labute approximate surface area is 154 Å². The predicted molar refractivity (Wildman–Crippen MR) is 101 cm³/mol. The second-order valence-corrected chi connectivity index (χ2v) is 8.27. The molecule has 0 aromatic heterocycles. The lowest BCUT2D eigenvalue weighted by molar-refractivity contribution is -0.175. The number of hydrogen-bond acceptors (Lipinski definition) is 2. The van der Waals surface area contributed by atoms with Crippen LogP contribution in [0.4, 0.5) is 0 Å². The van der Waals surface area contributed by atoms with E-state index in [1.165, 1.54) is 11.1 Å². The molecule has 4 atom stereocenters. The van der Waals surface area contributed by atoms with Crippen LogP contribution in [0.5, 0.6) is 0 Å². The fraction of sp³-hybridized carbons (Fsp3) is 0.417. The molecule has 0 aliphatic heterocycles. The number of hydrogen-bond donors (Lipinski definition) is 0. The summed E-state index contributed by atoms with van der Waals surface area (Å²) in [6, 6.07) is 21.1. The highest BCUT2D eigenvalue weighted by Crippen LogP contribution is 2.73. The second-order valence-electron chi connectivity index (χ2n) is 8.27. The Hall–Kier alpha value is -2.22. The monoisotopic (exact) mass is 344 g/mol. The standard InChI is InChI=1S/C24H24O2/c25-19-13-7-15-23(17-9-3-1-4-10-17)21(19)22-20(26)14-8-16-24(22,23)18-11-5-2-6-12-18/h1-6,9-12,21-22H,7-8,13-16H2. The number of fused-ring (bicyclic) bond motifs is 4. The zero-order valence-corrected chi connectivity index (χ0v) is 15.0. The highest BCUT2D eigenvalue weighted by atomic mass is 16.1. The maximum atomic E-state index is 13.1. The van der Waals surface area contributed by atoms with Crippen molar-refractivity contribution < 1.29 is 9.59 Å². The topological polar surface area (TPSA) is 34.1 Å². The van der Waals surface area contributed by atoms with Crippen molar-refractivity contribution in [3.05, 3.63) is 71.8 Å². The summed E-state index contributed by atoms with van der Waals surface area (Å²) in [5, 5.41) is 0. The average Bonchev–Trinajstić information content (AvgIpc) is 2.67. The smallest absolute Gasteiger partial charge is 0.137 e. The molecule has 5 rings (SSSR count). The molecule has 0 amide bonds. The van der Waals surface area contributed by atoms with Gasteiger partial charge >= 0.3 is 0 Å². The van der Waals surface area contributed by atoms with E-state index in [1.807, 2.05) is 12.1 Å². The van der Waals surface area contributed by atoms with Gasteiger partial charge < -0.3 is 0 Å². The molecule has 3 fully saturated rings. The molecule has 2 heteroatoms. The summed E-state index contributed by atoms with van der Waals surface area (Å²) >= 11 is 0. The molecule has 0 saturated heterocycles. The van der Waals surface area contributed by atoms with Crippen LogP contribution in [0, 0.1) is 11.8 Å². The van der Waals surface area contributed by atoms with Gasteiger partial charge in [-0.15, -0.1) is 0 Å². The Morgan fingerprint density at radius 2 is 1.00 bits per heavy atom. The first-order valence-electron chi connectivity index (χ1n) is 9.88. The molecule has 132 valence electrons. The Morgan fingerprint density at radius 3 is 1.38 bits per heavy atom. The third kappa shape index (κ3) is 1.78. The van der Waals surface area contributed by atoms with Crippen molar-refractivity contribution in [2.24, 2.45) is 11.8 Å². The molecule has 0 spiro atoms. The molecule has 0 bridgehead atoms. The van der Waals surface area contributed by atoms with Gasteiger partial charge in [0.1, 0.15) is 11.6 Å². The molecule has 2 aromatic rings. The molecule has 26 heavy (non-hydrogen) atoms. The van der Waals surface area contributed by atoms with Crippen molar-refractivity contribution in [3.63, 3.8) is 0 Å². The third-order valence-corrected chi connectivity index (χ3v) is 7.45. The lowest BCUT2D eigenvalue weighted by Gasteiger charge is -2.72. The summed E-state index contributed by atoms with van der Waals surface area (Å²) in [4.78, 5) is 26.1. The van der Waals surface area contributed by atoms with E-state index in [4.69, 9.17) is 0 Å². The fourth-order valence-corrected chi connectivity index (χ4v) is 6.73. The van der Waals surface area contributed by atoms with E-state index in [2.05, 4.69) is 48.5 Å². The van der Waals surface area contributed by atoms with Crippen LogP contribution in [-0.2, 0) is 20.4 Å². The van der Waals surface area contributed by atoms with Gasteiger partial charge in [-0.1, -0.05) is 60.7 Å². The Morgan fingerprint density at radius 1 is 0.615 bits per heavy atom. The lowest BCUT2D eigenvalue weighted by atomic mass is 9.29. The molecule has 0 heterocycles. The minimum atomic E-state index is -0.217. The zero-order chi connectivity index (χ0) is 17.8. The van der Waals surface area contributed by atoms with Gasteiger partial charge in [-0.2, -0.15) is 0 Å². The summed E-state index contributed by atoms with van der Waals surface area (Å²) < 4.78 is 0. The van der Waals surface area contributed by atoms with Crippen LogP contribution in [0.1, 0.15) is 49.7 Å². The molecule has 3 saturated carbocycles. The lowest BCUT2D eigenvalue weighted by Crippen LogP contribution is -2.76. The van der Waals surface area contributed by atoms with Crippen molar-refractivity contribution in [1.29, 1.82) is 0 Å². The van der Waals surface area contributed by atoms with Gasteiger partial charge in [-0.25, -0.2) is 0 Å². The number of benzene rings is 2. The largest absolute Gasteiger partial charge is 0.299 e. The van der Waals surface area contributed by atoms with Crippen LogP contribution >= 0.6 is 0 Å². The highest BCUT2D eigenvalue weighted by molar-refractivity contribution is 5.97. The molecule has 3 aliphatic rings. The molecule has 0 radical (unpaired) electrons. The first kappa shape index (κ1) is 16.0. The summed E-state index contributed by atoms with van der Waals surface area (Å²) in [6.45, 7) is 0. The Kier molecular flexibility index (Phi) is 3.47. The molecule has 3 aliphatic carbocycles. The summed E-state index contributed by atoms with van der Waals surface area (Å²) in [6.07, 6.45) is 5.14. The molecular weight excluding hydrogens is 320 g/mol. The minimum Gasteiger partial charge on any atom is -0.299 e. The van der Waals surface area contributed by atoms with Crippen LogP contribution in [0.2, 0.25) is 0 Å². The maximum Gasteiger partial charge on any atom is 0.137 e. The summed E-state index contributed by atoms with van der Waals surface area (Å²) in [5.74, 6) is 0.358. The second kappa shape index (κ2) is 5.64. The molecular formula is C24H24O2. The van der Waals surface area contributed by atoms with Gasteiger partial charge in [0.2, 0.25) is 0 Å². The molecule has 2 aromatic carbocycles. The number of rotatable bonds is 2. The van der Waals surface area contributed by atoms with E-state index in [0.717, 1.165) is 25.7 Å². The van der Waals surface area contributed by atoms with Crippen LogP contribution < -0.4 is 0 Å². The molecule has 0 N–H and O–H groups in total. The highest BCUT2D eigenvalue weighted by Gasteiger charge is 2.76. The zero-order valence-electron chi connectivity index (χ0n) is 15.0. The van der Waals surface area contributed by atoms with Crippen molar-refractivity contribution >= 4 is 11.6 Å². The van der Waals surface area contributed by atoms with Gasteiger partial charge in [0, 0.05) is 35.5 Å². The Bertz CT molecular complexity index is 783. The number of carbonyl (C=O) groups excluding carboxylic acids is 2. The van der Waals surface area contributed by atoms with E-state index in [1.54, 1.807) is 0 Å². The Balaban J connectivity index is 1.80. The van der Waals surface area contributed by atoms with Gasteiger partial charge in [-0.3, -0.25) is 9.59 Å². The van der Waals surface area contributed by atoms with Crippen molar-refractivity contribution in [2.45, 2.75) is 49.4 Å². The SMILES string of the molecule is O=C1CCCC2(c3ccccc3)C1C1C(=O)CCCC12c1ccccc1. The van der Waals surface area contributed by atoms with E-state index < -0.39 is 0 Å². The van der Waals surface area contributed by atoms with Gasteiger partial charge in [0.05, 0.1) is 0 Å². The number of ketones is 2. The fourth-order valence-electron chi connectivity index (χ4n) is 6.73. The van der Waals surface area contributed by atoms with Gasteiger partial charge in [0.25, 0.3) is 0 Å². The van der Waals surface area contributed by atoms with E-state index in [-0.39, 0.29) is 22.7 Å². The van der Waals surface area contributed by atoms with E-state index >= 15 is 0 Å². The summed E-state index contributed by atoms with van der Waals surface area (Å²) in [7, 11) is 0. The summed E-state index contributed by atoms with van der Waals surface area (Å²) in [5.41, 5.74) is 2.08. The van der Waals surface area contributed by atoms with E-state index in [9.17, 15) is 9.59 Å². The number of Topliss-reactive ketones (excluding diaryl/α,β-unsaturated/α-hetero) is 2. The molecule has 2 nitrogen and oxygen atoms in total. The van der Waals surface area contributed by atoms with E-state index in [0.29, 0.717) is 24.4 Å². The number of carbonyl (C=O) groups is 2. The predicted octanol–water partition coefficient (Wildman–Crippen LogP) is 4.61. The normalized spacial score (nSPS) is 36.0. The minimum absolute atomic E-state index is 0.133. The van der Waals surface area contributed by atoms with Gasteiger partial charge in [0.15, 0.2) is 0 Å². The maximum absolute atomic E-state index is 13.1. The van der Waals surface area contributed by atoms with Crippen LogP contribution in [0.25, 0.3) is 0 Å². The molecule has 4 unspecified atom stereocenters. The first-order valence-corrected chi connectivity index (χ1v) is 9.88. The van der Waals surface area contributed by atoms with Gasteiger partial charge in [-0.05, 0) is 36.8 Å². The van der Waals surface area contributed by atoms with Crippen LogP contribution in [0.3, 0.4) is 0 Å². The van der Waals surface area contributed by atoms with Crippen molar-refractivity contribution in [1.82, 2.24) is 0 Å². The van der Waals surface area contributed by atoms with Crippen molar-refractivity contribution in [3.8, 4) is 0 Å². The van der Waals surface area contributed by atoms with Crippen LogP contribution in [-0.4, -0.2) is 11.6 Å². The quantitative estimate of drug-likeness (QED) is 0.797. The first-order chi connectivity index (χ1) is 12.7. The average molecular weight is 344 g/mol. The van der Waals surface area contributed by atoms with Crippen LogP contribution in [0.15, 0.2) is 60.7 Å². The van der Waals surface area contributed by atoms with Crippen molar-refractivity contribution in [2.75, 3.05) is 0 Å².